The summed E-state index contributed by atoms with van der Waals surface area (Å²) in [4.78, 5) is 12.3. The summed E-state index contributed by atoms with van der Waals surface area (Å²) >= 11 is 0. The second-order valence-corrected chi connectivity index (χ2v) is 6.50. The van der Waals surface area contributed by atoms with Gasteiger partial charge in [-0.1, -0.05) is 72.8 Å². The van der Waals surface area contributed by atoms with Crippen LogP contribution < -0.4 is 10.6 Å². The van der Waals surface area contributed by atoms with E-state index in [1.54, 1.807) is 0 Å². The van der Waals surface area contributed by atoms with E-state index in [0.717, 1.165) is 5.56 Å². The van der Waals surface area contributed by atoms with E-state index in [1.807, 2.05) is 37.3 Å². The monoisotopic (exact) mass is 333 g/mol. The summed E-state index contributed by atoms with van der Waals surface area (Å²) < 4.78 is 0. The van der Waals surface area contributed by atoms with E-state index in [-0.39, 0.29) is 18.0 Å². The zero-order chi connectivity index (χ0) is 17.6. The van der Waals surface area contributed by atoms with Crippen LogP contribution in [0.3, 0.4) is 0 Å². The number of amides is 1. The fourth-order valence-electron chi connectivity index (χ4n) is 3.18. The topological polar surface area (TPSA) is 45.7 Å². The third-order valence-corrected chi connectivity index (χ3v) is 4.65. The van der Waals surface area contributed by atoms with Crippen LogP contribution in [-0.4, -0.2) is 12.5 Å². The molecule has 0 radical (unpaired) electrons. The Morgan fingerprint density at radius 1 is 0.920 bits per heavy atom. The molecule has 0 aromatic heterocycles. The zero-order valence-electron chi connectivity index (χ0n) is 14.8. The van der Waals surface area contributed by atoms with Crippen molar-refractivity contribution in [3.05, 3.63) is 83.9 Å². The molecule has 3 nitrogen and oxygen atoms in total. The lowest BCUT2D eigenvalue weighted by Gasteiger charge is -2.16. The van der Waals surface area contributed by atoms with Crippen LogP contribution in [0.2, 0.25) is 0 Å². The summed E-state index contributed by atoms with van der Waals surface area (Å²) in [6.07, 6.45) is 0. The predicted octanol–water partition coefficient (Wildman–Crippen LogP) is 3.34. The minimum absolute atomic E-state index is 0.0231. The van der Waals surface area contributed by atoms with Gasteiger partial charge >= 0.3 is 0 Å². The number of nitrogens with two attached hydrogens (primary N) is 1. The molecule has 3 aromatic rings. The van der Waals surface area contributed by atoms with Gasteiger partial charge in [-0.2, -0.15) is 0 Å². The second kappa shape index (κ2) is 7.95. The number of benzene rings is 3. The minimum atomic E-state index is 0.0231. The molecule has 3 N–H and O–H groups in total. The molecule has 3 heteroatoms. The number of hydrogen-bond acceptors (Lipinski definition) is 1. The summed E-state index contributed by atoms with van der Waals surface area (Å²) in [6.45, 7) is 4.58. The zero-order valence-corrected chi connectivity index (χ0v) is 14.8. The van der Waals surface area contributed by atoms with Crippen molar-refractivity contribution >= 4 is 16.7 Å². The molecule has 0 aliphatic rings. The van der Waals surface area contributed by atoms with Gasteiger partial charge in [0.1, 0.15) is 6.04 Å². The van der Waals surface area contributed by atoms with Gasteiger partial charge in [0.15, 0.2) is 6.54 Å². The summed E-state index contributed by atoms with van der Waals surface area (Å²) in [5.41, 5.74) is 2.39. The van der Waals surface area contributed by atoms with E-state index in [4.69, 9.17) is 0 Å². The Morgan fingerprint density at radius 3 is 2.40 bits per heavy atom. The average molecular weight is 333 g/mol. The van der Waals surface area contributed by atoms with Crippen LogP contribution in [0, 0.1) is 0 Å². The summed E-state index contributed by atoms with van der Waals surface area (Å²) in [7, 11) is 0. The summed E-state index contributed by atoms with van der Waals surface area (Å²) in [5, 5.41) is 7.66. The summed E-state index contributed by atoms with van der Waals surface area (Å²) in [6, 6.07) is 25.0. The number of quaternary nitrogens is 1. The van der Waals surface area contributed by atoms with E-state index in [1.165, 1.54) is 16.3 Å². The molecule has 0 bridgehead atoms. The highest BCUT2D eigenvalue weighted by molar-refractivity contribution is 5.86. The lowest BCUT2D eigenvalue weighted by Crippen LogP contribution is -2.87. The molecule has 1 amide bonds. The van der Waals surface area contributed by atoms with Crippen molar-refractivity contribution in [2.24, 2.45) is 0 Å². The Morgan fingerprint density at radius 2 is 1.60 bits per heavy atom. The molecule has 0 unspecified atom stereocenters. The van der Waals surface area contributed by atoms with Crippen molar-refractivity contribution in [1.82, 2.24) is 5.32 Å². The van der Waals surface area contributed by atoms with Crippen LogP contribution in [-0.2, 0) is 4.79 Å². The van der Waals surface area contributed by atoms with E-state index in [2.05, 4.69) is 60.0 Å². The number of rotatable bonds is 6. The van der Waals surface area contributed by atoms with Crippen LogP contribution in [0.4, 0.5) is 0 Å². The van der Waals surface area contributed by atoms with Crippen LogP contribution in [0.15, 0.2) is 72.8 Å². The maximum Gasteiger partial charge on any atom is 0.275 e. The Balaban J connectivity index is 1.60. The second-order valence-electron chi connectivity index (χ2n) is 6.50. The van der Waals surface area contributed by atoms with E-state index in [9.17, 15) is 4.79 Å². The van der Waals surface area contributed by atoms with Gasteiger partial charge in [-0.05, 0) is 30.2 Å². The van der Waals surface area contributed by atoms with Gasteiger partial charge in [0, 0.05) is 5.56 Å². The van der Waals surface area contributed by atoms with Crippen LogP contribution in [0.1, 0.15) is 37.1 Å². The van der Waals surface area contributed by atoms with Crippen molar-refractivity contribution in [2.75, 3.05) is 6.54 Å². The van der Waals surface area contributed by atoms with Crippen molar-refractivity contribution in [3.63, 3.8) is 0 Å². The van der Waals surface area contributed by atoms with Crippen molar-refractivity contribution in [1.29, 1.82) is 0 Å². The van der Waals surface area contributed by atoms with Crippen molar-refractivity contribution in [3.8, 4) is 0 Å². The fourth-order valence-corrected chi connectivity index (χ4v) is 3.18. The molecule has 0 fully saturated rings. The minimum Gasteiger partial charge on any atom is -0.345 e. The molecule has 0 saturated heterocycles. The molecule has 0 aliphatic carbocycles. The lowest BCUT2D eigenvalue weighted by molar-refractivity contribution is -0.682. The van der Waals surface area contributed by atoms with Gasteiger partial charge in [-0.25, -0.2) is 0 Å². The number of fused-ring (bicyclic) bond motifs is 1. The fraction of sp³-hybridized carbons (Fsp3) is 0.227. The number of carbonyl (C=O) groups excluding carboxylic acids is 1. The molecular weight excluding hydrogens is 308 g/mol. The SMILES string of the molecule is C[C@H](NC(=O)C[NH2+][C@H](C)c1cccc2ccccc12)c1ccccc1. The molecule has 25 heavy (non-hydrogen) atoms. The first kappa shape index (κ1) is 17.2. The third-order valence-electron chi connectivity index (χ3n) is 4.65. The van der Waals surface area contributed by atoms with Gasteiger partial charge in [-0.3, -0.25) is 4.79 Å². The molecule has 3 aromatic carbocycles. The Labute approximate surface area is 149 Å². The van der Waals surface area contributed by atoms with Crippen LogP contribution >= 0.6 is 0 Å². The first-order valence-corrected chi connectivity index (χ1v) is 8.80. The first-order valence-electron chi connectivity index (χ1n) is 8.80. The van der Waals surface area contributed by atoms with Gasteiger partial charge in [0.25, 0.3) is 5.91 Å². The largest absolute Gasteiger partial charge is 0.345 e. The molecule has 0 spiro atoms. The maximum absolute atomic E-state index is 12.3. The van der Waals surface area contributed by atoms with Crippen molar-refractivity contribution in [2.45, 2.75) is 25.9 Å². The molecule has 0 aliphatic heterocycles. The molecule has 0 heterocycles. The van der Waals surface area contributed by atoms with Crippen LogP contribution in [0.5, 0.6) is 0 Å². The quantitative estimate of drug-likeness (QED) is 0.714. The van der Waals surface area contributed by atoms with E-state index >= 15 is 0 Å². The molecule has 2 atom stereocenters. The average Bonchev–Trinajstić information content (AvgIpc) is 2.66. The molecule has 128 valence electrons. The number of nitrogens with one attached hydrogen (secondary N) is 1. The third kappa shape index (κ3) is 4.25. The highest BCUT2D eigenvalue weighted by Crippen LogP contribution is 2.22. The molecule has 0 saturated carbocycles. The van der Waals surface area contributed by atoms with Gasteiger partial charge in [0.05, 0.1) is 6.04 Å². The van der Waals surface area contributed by atoms with E-state index in [0.29, 0.717) is 6.54 Å². The predicted molar refractivity (Wildman–Crippen MR) is 102 cm³/mol. The van der Waals surface area contributed by atoms with Crippen LogP contribution in [0.25, 0.3) is 10.8 Å². The number of hydrogen-bond donors (Lipinski definition) is 2. The van der Waals surface area contributed by atoms with Crippen molar-refractivity contribution < 1.29 is 10.1 Å². The van der Waals surface area contributed by atoms with E-state index < -0.39 is 0 Å². The molecular formula is C22H25N2O+. The maximum atomic E-state index is 12.3. The normalized spacial score (nSPS) is 13.4. The smallest absolute Gasteiger partial charge is 0.275 e. The Bertz CT molecular complexity index is 840. The first-order chi connectivity index (χ1) is 12.1. The number of carbonyl (C=O) groups is 1. The highest BCUT2D eigenvalue weighted by Gasteiger charge is 2.15. The van der Waals surface area contributed by atoms with Gasteiger partial charge < -0.3 is 10.6 Å². The standard InChI is InChI=1S/C22H24N2O/c1-16(18-9-4-3-5-10-18)24-22(25)15-23-17(2)20-14-8-12-19-11-6-7-13-21(19)20/h3-14,16-17,23H,15H2,1-2H3,(H,24,25)/p+1/t16-,17+/m0/s1. The summed E-state index contributed by atoms with van der Waals surface area (Å²) in [5.74, 6) is 0.0587. The Kier molecular flexibility index (Phi) is 5.46. The van der Waals surface area contributed by atoms with Gasteiger partial charge in [-0.15, -0.1) is 0 Å². The molecule has 3 rings (SSSR count). The highest BCUT2D eigenvalue weighted by atomic mass is 16.1. The van der Waals surface area contributed by atoms with Gasteiger partial charge in [0.2, 0.25) is 0 Å². The lowest BCUT2D eigenvalue weighted by atomic mass is 10.00. The Hall–Kier alpha value is -2.65.